The van der Waals surface area contributed by atoms with Gasteiger partial charge in [0.25, 0.3) is 5.69 Å². The zero-order valence-electron chi connectivity index (χ0n) is 15.6. The molecule has 0 aliphatic carbocycles. The van der Waals surface area contributed by atoms with Crippen LogP contribution in [0.25, 0.3) is 11.6 Å². The Morgan fingerprint density at radius 1 is 1.17 bits per heavy atom. The highest BCUT2D eigenvalue weighted by molar-refractivity contribution is 9.10. The van der Waals surface area contributed by atoms with Crippen molar-refractivity contribution in [1.82, 2.24) is 0 Å². The lowest BCUT2D eigenvalue weighted by atomic mass is 10.0. The van der Waals surface area contributed by atoms with Gasteiger partial charge in [-0.05, 0) is 42.3 Å². The Morgan fingerprint density at radius 3 is 2.62 bits per heavy atom. The number of nitriles is 1. The van der Waals surface area contributed by atoms with Crippen LogP contribution in [-0.2, 0) is 6.61 Å². The van der Waals surface area contributed by atoms with Crippen LogP contribution < -0.4 is 4.74 Å². The number of aryl methyl sites for hydroxylation is 1. The van der Waals surface area contributed by atoms with Gasteiger partial charge in [0.1, 0.15) is 12.4 Å². The van der Waals surface area contributed by atoms with Crippen LogP contribution in [0.4, 0.5) is 5.69 Å². The molecule has 0 aliphatic heterocycles. The second kappa shape index (κ2) is 9.18. The maximum absolute atomic E-state index is 11.0. The summed E-state index contributed by atoms with van der Waals surface area (Å²) in [6.45, 7) is 2.42. The molecule has 29 heavy (non-hydrogen) atoms. The number of non-ortho nitro benzene ring substituents is 1. The molecule has 0 spiro atoms. The molecule has 0 bridgehead atoms. The first-order valence-corrected chi connectivity index (χ1v) is 9.60. The normalized spacial score (nSPS) is 11.0. The quantitative estimate of drug-likeness (QED) is 0.191. The fourth-order valence-electron chi connectivity index (χ4n) is 2.73. The Morgan fingerprint density at radius 2 is 1.93 bits per heavy atom. The summed E-state index contributed by atoms with van der Waals surface area (Å²) in [4.78, 5) is 10.6. The van der Waals surface area contributed by atoms with Gasteiger partial charge in [0, 0.05) is 22.2 Å². The van der Waals surface area contributed by atoms with E-state index in [0.717, 1.165) is 10.0 Å². The predicted octanol–water partition coefficient (Wildman–Crippen LogP) is 6.31. The fourth-order valence-corrected chi connectivity index (χ4v) is 3.11. The number of halogens is 1. The molecule has 0 N–H and O–H groups in total. The Balaban J connectivity index is 1.93. The lowest BCUT2D eigenvalue weighted by Gasteiger charge is -2.11. The monoisotopic (exact) mass is 448 g/mol. The lowest BCUT2D eigenvalue weighted by Crippen LogP contribution is -1.97. The van der Waals surface area contributed by atoms with Crippen LogP contribution in [0, 0.1) is 28.4 Å². The van der Waals surface area contributed by atoms with Crippen molar-refractivity contribution in [3.05, 3.63) is 104 Å². The van der Waals surface area contributed by atoms with E-state index in [1.54, 1.807) is 18.2 Å². The third kappa shape index (κ3) is 5.31. The SMILES string of the molecule is Cc1ccc(COc2ccc(Br)cc2C=C(C#N)c2cccc([N+](=O)[O-])c2)cc1. The first-order chi connectivity index (χ1) is 14.0. The average molecular weight is 449 g/mol. The number of benzene rings is 3. The number of nitro benzene ring substituents is 1. The molecular weight excluding hydrogens is 432 g/mol. The molecule has 0 saturated carbocycles. The van der Waals surface area contributed by atoms with Crippen molar-refractivity contribution in [3.63, 3.8) is 0 Å². The summed E-state index contributed by atoms with van der Waals surface area (Å²) >= 11 is 3.44. The molecule has 0 heterocycles. The number of ether oxygens (including phenoxy) is 1. The minimum absolute atomic E-state index is 0.0614. The molecule has 3 rings (SSSR count). The van der Waals surface area contributed by atoms with Crippen LogP contribution in [0.2, 0.25) is 0 Å². The predicted molar refractivity (Wildman–Crippen MR) is 116 cm³/mol. The van der Waals surface area contributed by atoms with Crippen LogP contribution in [0.3, 0.4) is 0 Å². The van der Waals surface area contributed by atoms with Gasteiger partial charge in [-0.3, -0.25) is 10.1 Å². The summed E-state index contributed by atoms with van der Waals surface area (Å²) in [6.07, 6.45) is 1.67. The molecule has 0 aliphatic rings. The van der Waals surface area contributed by atoms with E-state index in [2.05, 4.69) is 22.0 Å². The molecule has 6 heteroatoms. The zero-order chi connectivity index (χ0) is 20.8. The highest BCUT2D eigenvalue weighted by atomic mass is 79.9. The largest absolute Gasteiger partial charge is 0.488 e. The van der Waals surface area contributed by atoms with E-state index in [4.69, 9.17) is 4.74 Å². The molecule has 0 fully saturated rings. The van der Waals surface area contributed by atoms with Gasteiger partial charge in [0.2, 0.25) is 0 Å². The summed E-state index contributed by atoms with van der Waals surface area (Å²) in [7, 11) is 0. The van der Waals surface area contributed by atoms with E-state index in [-0.39, 0.29) is 5.69 Å². The number of nitro groups is 1. The van der Waals surface area contributed by atoms with Crippen molar-refractivity contribution in [2.24, 2.45) is 0 Å². The van der Waals surface area contributed by atoms with Gasteiger partial charge >= 0.3 is 0 Å². The van der Waals surface area contributed by atoms with Crippen molar-refractivity contribution in [1.29, 1.82) is 5.26 Å². The van der Waals surface area contributed by atoms with E-state index in [9.17, 15) is 15.4 Å². The molecule has 0 unspecified atom stereocenters. The summed E-state index contributed by atoms with van der Waals surface area (Å²) in [6, 6.07) is 21.7. The third-order valence-corrected chi connectivity index (χ3v) is 4.77. The van der Waals surface area contributed by atoms with Crippen molar-refractivity contribution >= 4 is 33.3 Å². The molecule has 3 aromatic carbocycles. The summed E-state index contributed by atoms with van der Waals surface area (Å²) in [5.41, 5.74) is 3.64. The maximum atomic E-state index is 11.0. The first kappa shape index (κ1) is 20.3. The first-order valence-electron chi connectivity index (χ1n) is 8.81. The maximum Gasteiger partial charge on any atom is 0.270 e. The van der Waals surface area contributed by atoms with E-state index in [0.29, 0.717) is 29.1 Å². The molecule has 3 aromatic rings. The minimum Gasteiger partial charge on any atom is -0.488 e. The topological polar surface area (TPSA) is 76.2 Å². The highest BCUT2D eigenvalue weighted by Gasteiger charge is 2.11. The summed E-state index contributed by atoms with van der Waals surface area (Å²) in [5.74, 6) is 0.618. The van der Waals surface area contributed by atoms with E-state index in [1.807, 2.05) is 49.4 Å². The van der Waals surface area contributed by atoms with Crippen molar-refractivity contribution in [3.8, 4) is 11.8 Å². The van der Waals surface area contributed by atoms with Crippen LogP contribution in [-0.4, -0.2) is 4.92 Å². The van der Waals surface area contributed by atoms with Crippen LogP contribution >= 0.6 is 15.9 Å². The lowest BCUT2D eigenvalue weighted by molar-refractivity contribution is -0.384. The van der Waals surface area contributed by atoms with E-state index < -0.39 is 4.92 Å². The van der Waals surface area contributed by atoms with Gasteiger partial charge in [-0.1, -0.05) is 57.9 Å². The number of rotatable bonds is 6. The average Bonchev–Trinajstić information content (AvgIpc) is 2.72. The van der Waals surface area contributed by atoms with Crippen LogP contribution in [0.15, 0.2) is 71.2 Å². The third-order valence-electron chi connectivity index (χ3n) is 4.28. The standard InChI is InChI=1S/C23H17BrN2O3/c1-16-5-7-17(8-6-16)15-29-23-10-9-21(24)12-19(23)11-20(14-25)18-3-2-4-22(13-18)26(27)28/h2-13H,15H2,1H3. The van der Waals surface area contributed by atoms with Gasteiger partial charge < -0.3 is 4.74 Å². The molecule has 0 radical (unpaired) electrons. The molecular formula is C23H17BrN2O3. The number of hydrogen-bond donors (Lipinski definition) is 0. The van der Waals surface area contributed by atoms with Gasteiger partial charge in [-0.2, -0.15) is 5.26 Å². The summed E-state index contributed by atoms with van der Waals surface area (Å²) < 4.78 is 6.81. The van der Waals surface area contributed by atoms with Crippen molar-refractivity contribution in [2.75, 3.05) is 0 Å². The van der Waals surface area contributed by atoms with Gasteiger partial charge in [0.05, 0.1) is 16.6 Å². The Kier molecular flexibility index (Phi) is 6.43. The van der Waals surface area contributed by atoms with Crippen molar-refractivity contribution < 1.29 is 9.66 Å². The van der Waals surface area contributed by atoms with Gasteiger partial charge in [-0.15, -0.1) is 0 Å². The minimum atomic E-state index is -0.478. The van der Waals surface area contributed by atoms with Gasteiger partial charge in [-0.25, -0.2) is 0 Å². The second-order valence-corrected chi connectivity index (χ2v) is 7.35. The van der Waals surface area contributed by atoms with Crippen LogP contribution in [0.1, 0.15) is 22.3 Å². The molecule has 0 amide bonds. The molecule has 144 valence electrons. The molecule has 0 saturated heterocycles. The number of hydrogen-bond acceptors (Lipinski definition) is 4. The summed E-state index contributed by atoms with van der Waals surface area (Å²) in [5, 5.41) is 20.7. The highest BCUT2D eigenvalue weighted by Crippen LogP contribution is 2.29. The molecule has 0 atom stereocenters. The molecule has 5 nitrogen and oxygen atoms in total. The smallest absolute Gasteiger partial charge is 0.270 e. The number of allylic oxidation sites excluding steroid dienone is 1. The van der Waals surface area contributed by atoms with Crippen LogP contribution in [0.5, 0.6) is 5.75 Å². The van der Waals surface area contributed by atoms with E-state index >= 15 is 0 Å². The Labute approximate surface area is 177 Å². The van der Waals surface area contributed by atoms with Gasteiger partial charge in [0.15, 0.2) is 0 Å². The van der Waals surface area contributed by atoms with Crippen molar-refractivity contribution in [2.45, 2.75) is 13.5 Å². The second-order valence-electron chi connectivity index (χ2n) is 6.43. The molecule has 0 aromatic heterocycles. The van der Waals surface area contributed by atoms with E-state index in [1.165, 1.54) is 17.7 Å². The Hall–Kier alpha value is -3.43. The number of nitrogens with zero attached hydrogens (tertiary/aromatic N) is 2. The zero-order valence-corrected chi connectivity index (χ0v) is 17.2. The Bertz CT molecular complexity index is 1120. The fraction of sp³-hybridized carbons (Fsp3) is 0.0870.